The Morgan fingerprint density at radius 1 is 1.15 bits per heavy atom. The number of alkyl halides is 4. The van der Waals surface area contributed by atoms with Crippen LogP contribution in [0.2, 0.25) is 5.02 Å². The molecular formula is C18H13Cl2F3N2O. The Morgan fingerprint density at radius 2 is 1.81 bits per heavy atom. The number of ketones is 1. The minimum Gasteiger partial charge on any atom is -0.291 e. The zero-order valence-corrected chi connectivity index (χ0v) is 15.1. The molecule has 0 radical (unpaired) electrons. The fourth-order valence-corrected chi connectivity index (χ4v) is 3.28. The number of aromatic nitrogens is 2. The predicted molar refractivity (Wildman–Crippen MR) is 95.5 cm³/mol. The number of hydrogen-bond donors (Lipinski definition) is 0. The third-order valence-corrected chi connectivity index (χ3v) is 4.53. The molecule has 0 N–H and O–H groups in total. The number of fused-ring (bicyclic) bond motifs is 1. The average molecular weight is 401 g/mol. The van der Waals surface area contributed by atoms with Crippen molar-refractivity contribution in [1.82, 2.24) is 9.55 Å². The zero-order valence-electron chi connectivity index (χ0n) is 13.6. The molecule has 0 saturated heterocycles. The van der Waals surface area contributed by atoms with Crippen LogP contribution in [-0.2, 0) is 12.6 Å². The lowest BCUT2D eigenvalue weighted by Crippen LogP contribution is -2.06. The highest BCUT2D eigenvalue weighted by Crippen LogP contribution is 2.39. The van der Waals surface area contributed by atoms with Crippen LogP contribution in [0.25, 0.3) is 16.7 Å². The number of Topliss-reactive ketones (excluding diaryl/α,β-unsaturated/α-hetero) is 1. The van der Waals surface area contributed by atoms with E-state index in [-0.39, 0.29) is 17.1 Å². The van der Waals surface area contributed by atoms with Crippen LogP contribution in [0.3, 0.4) is 0 Å². The Kier molecular flexibility index (Phi) is 4.99. The molecule has 0 amide bonds. The summed E-state index contributed by atoms with van der Waals surface area (Å²) in [5.41, 5.74) is 0.903. The van der Waals surface area contributed by atoms with E-state index in [1.807, 2.05) is 12.1 Å². The topological polar surface area (TPSA) is 34.9 Å². The number of benzene rings is 2. The van der Waals surface area contributed by atoms with Crippen molar-refractivity contribution in [3.05, 3.63) is 58.4 Å². The molecule has 1 aromatic heterocycles. The van der Waals surface area contributed by atoms with Gasteiger partial charge in [-0.25, -0.2) is 4.98 Å². The highest BCUT2D eigenvalue weighted by molar-refractivity contribution is 6.36. The number of aryl methyl sites for hydroxylation is 1. The first kappa shape index (κ1) is 18.7. The monoisotopic (exact) mass is 400 g/mol. The van der Waals surface area contributed by atoms with Crippen molar-refractivity contribution < 1.29 is 18.0 Å². The van der Waals surface area contributed by atoms with Crippen LogP contribution in [0.4, 0.5) is 13.2 Å². The van der Waals surface area contributed by atoms with Crippen molar-refractivity contribution in [2.24, 2.45) is 0 Å². The maximum Gasteiger partial charge on any atom is 0.417 e. The standard InChI is InChI=1S/C18H13Cl2F3N2O/c1-10(26)17-24-16-14(7-6-13(15(16)20)18(21,22)23)25(17)12-4-2-11(3-5-12)8-9-19/h2-7H,8-9H2,1H3. The molecule has 0 aliphatic rings. The quantitative estimate of drug-likeness (QED) is 0.416. The number of rotatable bonds is 4. The zero-order chi connectivity index (χ0) is 19.1. The fraction of sp³-hybridized carbons (Fsp3) is 0.222. The molecule has 1 heterocycles. The van der Waals surface area contributed by atoms with Crippen molar-refractivity contribution in [3.8, 4) is 5.69 Å². The van der Waals surface area contributed by atoms with Gasteiger partial charge < -0.3 is 0 Å². The third kappa shape index (κ3) is 3.31. The van der Waals surface area contributed by atoms with Gasteiger partial charge in [0.05, 0.1) is 16.1 Å². The Bertz CT molecular complexity index is 979. The van der Waals surface area contributed by atoms with Gasteiger partial charge in [0.2, 0.25) is 0 Å². The van der Waals surface area contributed by atoms with Gasteiger partial charge >= 0.3 is 6.18 Å². The van der Waals surface area contributed by atoms with Gasteiger partial charge in [-0.3, -0.25) is 9.36 Å². The van der Waals surface area contributed by atoms with Gasteiger partial charge in [0, 0.05) is 18.5 Å². The second-order valence-electron chi connectivity index (χ2n) is 5.73. The summed E-state index contributed by atoms with van der Waals surface area (Å²) in [7, 11) is 0. The first-order chi connectivity index (χ1) is 12.2. The van der Waals surface area contributed by atoms with Crippen LogP contribution >= 0.6 is 23.2 Å². The van der Waals surface area contributed by atoms with E-state index in [1.165, 1.54) is 17.6 Å². The van der Waals surface area contributed by atoms with Crippen molar-refractivity contribution in [3.63, 3.8) is 0 Å². The highest BCUT2D eigenvalue weighted by atomic mass is 35.5. The lowest BCUT2D eigenvalue weighted by Gasteiger charge is -2.11. The van der Waals surface area contributed by atoms with Crippen LogP contribution in [0.1, 0.15) is 28.7 Å². The maximum absolute atomic E-state index is 13.1. The van der Waals surface area contributed by atoms with Gasteiger partial charge in [-0.2, -0.15) is 13.2 Å². The lowest BCUT2D eigenvalue weighted by atomic mass is 10.1. The van der Waals surface area contributed by atoms with Gasteiger partial charge in [0.1, 0.15) is 5.52 Å². The highest BCUT2D eigenvalue weighted by Gasteiger charge is 2.35. The van der Waals surface area contributed by atoms with Crippen LogP contribution in [-0.4, -0.2) is 21.2 Å². The Balaban J connectivity index is 2.25. The van der Waals surface area contributed by atoms with E-state index in [9.17, 15) is 18.0 Å². The first-order valence-corrected chi connectivity index (χ1v) is 8.59. The van der Waals surface area contributed by atoms with Gasteiger partial charge in [0.25, 0.3) is 0 Å². The largest absolute Gasteiger partial charge is 0.417 e. The average Bonchev–Trinajstić information content (AvgIpc) is 2.96. The summed E-state index contributed by atoms with van der Waals surface area (Å²) in [6.07, 6.45) is -3.92. The molecule has 3 nitrogen and oxygen atoms in total. The van der Waals surface area contributed by atoms with Crippen molar-refractivity contribution in [2.75, 3.05) is 5.88 Å². The molecule has 0 saturated carbocycles. The van der Waals surface area contributed by atoms with E-state index in [0.717, 1.165) is 11.6 Å². The van der Waals surface area contributed by atoms with E-state index < -0.39 is 16.8 Å². The van der Waals surface area contributed by atoms with Crippen molar-refractivity contribution >= 4 is 40.0 Å². The molecule has 2 aromatic carbocycles. The molecule has 0 aliphatic heterocycles. The molecule has 3 aromatic rings. The first-order valence-electron chi connectivity index (χ1n) is 7.68. The molecule has 0 aliphatic carbocycles. The van der Waals surface area contributed by atoms with E-state index >= 15 is 0 Å². The summed E-state index contributed by atoms with van der Waals surface area (Å²) < 4.78 is 40.8. The Hall–Kier alpha value is -2.05. The molecule has 8 heteroatoms. The van der Waals surface area contributed by atoms with Crippen molar-refractivity contribution in [2.45, 2.75) is 19.5 Å². The summed E-state index contributed by atoms with van der Waals surface area (Å²) in [4.78, 5) is 16.1. The van der Waals surface area contributed by atoms with E-state index in [1.54, 1.807) is 12.1 Å². The van der Waals surface area contributed by atoms with E-state index in [4.69, 9.17) is 23.2 Å². The fourth-order valence-electron chi connectivity index (χ4n) is 2.75. The lowest BCUT2D eigenvalue weighted by molar-refractivity contribution is -0.137. The summed E-state index contributed by atoms with van der Waals surface area (Å²) in [6, 6.07) is 9.39. The third-order valence-electron chi connectivity index (χ3n) is 3.96. The smallest absolute Gasteiger partial charge is 0.291 e. The Labute approximate surface area is 157 Å². The van der Waals surface area contributed by atoms with Gasteiger partial charge in [-0.05, 0) is 36.2 Å². The van der Waals surface area contributed by atoms with Crippen molar-refractivity contribution in [1.29, 1.82) is 0 Å². The van der Waals surface area contributed by atoms with Crippen LogP contribution in [0, 0.1) is 0 Å². The number of hydrogen-bond acceptors (Lipinski definition) is 2. The summed E-state index contributed by atoms with van der Waals surface area (Å²) in [5, 5.41) is -0.519. The van der Waals surface area contributed by atoms with Gasteiger partial charge in [-0.1, -0.05) is 23.7 Å². The van der Waals surface area contributed by atoms with E-state index in [0.29, 0.717) is 23.5 Å². The minimum absolute atomic E-state index is 0.0197. The normalized spacial score (nSPS) is 11.9. The number of carbonyl (C=O) groups excluding carboxylic acids is 1. The maximum atomic E-state index is 13.1. The molecule has 0 unspecified atom stereocenters. The second kappa shape index (κ2) is 6.93. The molecule has 0 bridgehead atoms. The molecule has 26 heavy (non-hydrogen) atoms. The minimum atomic E-state index is -4.60. The van der Waals surface area contributed by atoms with Crippen LogP contribution in [0.5, 0.6) is 0 Å². The Morgan fingerprint density at radius 3 is 2.35 bits per heavy atom. The molecule has 0 fully saturated rings. The number of carbonyl (C=O) groups is 1. The predicted octanol–water partition coefficient (Wildman–Crippen LogP) is 5.68. The molecule has 136 valence electrons. The second-order valence-corrected chi connectivity index (χ2v) is 6.48. The SMILES string of the molecule is CC(=O)c1nc2c(Cl)c(C(F)(F)F)ccc2n1-c1ccc(CCCl)cc1. The number of nitrogens with zero attached hydrogens (tertiary/aromatic N) is 2. The van der Waals surface area contributed by atoms with Gasteiger partial charge in [0.15, 0.2) is 11.6 Å². The van der Waals surface area contributed by atoms with E-state index in [2.05, 4.69) is 4.98 Å². The summed E-state index contributed by atoms with van der Waals surface area (Å²) in [6.45, 7) is 1.30. The van der Waals surface area contributed by atoms with Crippen LogP contribution in [0.15, 0.2) is 36.4 Å². The number of imidazole rings is 1. The summed E-state index contributed by atoms with van der Waals surface area (Å²) >= 11 is 11.7. The molecule has 0 atom stereocenters. The molecule has 0 spiro atoms. The van der Waals surface area contributed by atoms with Crippen LogP contribution < -0.4 is 0 Å². The molecule has 3 rings (SSSR count). The summed E-state index contributed by atoms with van der Waals surface area (Å²) in [5.74, 6) is 0.115. The molecular weight excluding hydrogens is 388 g/mol. The van der Waals surface area contributed by atoms with Gasteiger partial charge in [-0.15, -0.1) is 11.6 Å². The number of halogens is 5.